The second-order valence-corrected chi connectivity index (χ2v) is 7.59. The maximum Gasteiger partial charge on any atom is 0.243 e. The molecule has 0 saturated heterocycles. The number of nitrogens with zero attached hydrogens (tertiary/aromatic N) is 2. The smallest absolute Gasteiger partial charge is 0.243 e. The summed E-state index contributed by atoms with van der Waals surface area (Å²) in [4.78, 5) is 13.1. The second-order valence-electron chi connectivity index (χ2n) is 7.59. The summed E-state index contributed by atoms with van der Waals surface area (Å²) in [6, 6.07) is 20.5. The summed E-state index contributed by atoms with van der Waals surface area (Å²) >= 11 is 0. The van der Waals surface area contributed by atoms with E-state index in [0.29, 0.717) is 6.04 Å². The Hall–Kier alpha value is -2.88. The highest BCUT2D eigenvalue weighted by Gasteiger charge is 2.50. The third kappa shape index (κ3) is 2.95. The number of benzene rings is 2. The Bertz CT molecular complexity index is 878. The Morgan fingerprint density at radius 2 is 1.63 bits per heavy atom. The third-order valence-corrected chi connectivity index (χ3v) is 6.08. The third-order valence-electron chi connectivity index (χ3n) is 6.08. The van der Waals surface area contributed by atoms with Gasteiger partial charge in [-0.15, -0.1) is 0 Å². The van der Waals surface area contributed by atoms with Gasteiger partial charge in [0.25, 0.3) is 0 Å². The maximum absolute atomic E-state index is 13.1. The zero-order chi connectivity index (χ0) is 18.9. The van der Waals surface area contributed by atoms with Crippen molar-refractivity contribution in [1.29, 1.82) is 0 Å². The topological polar surface area (TPSA) is 51.9 Å². The quantitative estimate of drug-likeness (QED) is 0.698. The molecule has 0 aliphatic heterocycles. The van der Waals surface area contributed by atoms with Crippen LogP contribution < -0.4 is 10.3 Å². The molecule has 2 aromatic carbocycles. The number of hydrogen-bond donors (Lipinski definition) is 1. The largest absolute Gasteiger partial charge is 0.369 e. The van der Waals surface area contributed by atoms with Crippen molar-refractivity contribution in [2.75, 3.05) is 0 Å². The van der Waals surface area contributed by atoms with Gasteiger partial charge in [-0.3, -0.25) is 4.79 Å². The predicted octanol–water partition coefficient (Wildman–Crippen LogP) is 3.13. The van der Waals surface area contributed by atoms with Gasteiger partial charge in [0.1, 0.15) is 23.9 Å². The minimum atomic E-state index is -0.799. The number of imidazole rings is 1. The van der Waals surface area contributed by atoms with E-state index < -0.39 is 5.41 Å². The summed E-state index contributed by atoms with van der Waals surface area (Å²) in [6.07, 6.45) is 9.24. The number of primary amides is 1. The molecule has 138 valence electrons. The summed E-state index contributed by atoms with van der Waals surface area (Å²) in [5.74, 6) is -0.0962. The van der Waals surface area contributed by atoms with Crippen molar-refractivity contribution in [2.45, 2.75) is 30.7 Å². The molecule has 4 rings (SSSR count). The number of rotatable bonds is 5. The highest BCUT2D eigenvalue weighted by molar-refractivity contribution is 5.91. The Balaban J connectivity index is 1.80. The number of hydrogen-bond acceptors (Lipinski definition) is 1. The molecule has 0 unspecified atom stereocenters. The molecule has 1 aliphatic carbocycles. The molecule has 4 heteroatoms. The first-order chi connectivity index (χ1) is 13.1. The minimum Gasteiger partial charge on any atom is -0.369 e. The molecular formula is C23H26N3O+. The summed E-state index contributed by atoms with van der Waals surface area (Å²) in [6.45, 7) is 0. The fraction of sp³-hybridized carbons (Fsp3) is 0.304. The van der Waals surface area contributed by atoms with Gasteiger partial charge in [0.2, 0.25) is 12.2 Å². The fourth-order valence-electron chi connectivity index (χ4n) is 4.83. The van der Waals surface area contributed by atoms with Crippen LogP contribution >= 0.6 is 0 Å². The van der Waals surface area contributed by atoms with Crippen LogP contribution in [0.4, 0.5) is 0 Å². The Kier molecular flexibility index (Phi) is 4.56. The zero-order valence-electron chi connectivity index (χ0n) is 15.7. The zero-order valence-corrected chi connectivity index (χ0v) is 15.7. The fourth-order valence-corrected chi connectivity index (χ4v) is 4.83. The average molecular weight is 360 g/mol. The van der Waals surface area contributed by atoms with Gasteiger partial charge in [0.05, 0.1) is 7.05 Å². The molecule has 0 spiro atoms. The number of amides is 1. The van der Waals surface area contributed by atoms with Gasteiger partial charge in [-0.05, 0) is 36.3 Å². The first-order valence-electron chi connectivity index (χ1n) is 9.56. The van der Waals surface area contributed by atoms with Crippen molar-refractivity contribution in [3.63, 3.8) is 0 Å². The average Bonchev–Trinajstić information content (AvgIpc) is 3.33. The lowest BCUT2D eigenvalue weighted by molar-refractivity contribution is -0.671. The molecule has 1 fully saturated rings. The van der Waals surface area contributed by atoms with E-state index >= 15 is 0 Å². The van der Waals surface area contributed by atoms with E-state index in [4.69, 9.17) is 5.73 Å². The van der Waals surface area contributed by atoms with E-state index in [0.717, 1.165) is 30.4 Å². The van der Waals surface area contributed by atoms with E-state index in [-0.39, 0.29) is 11.8 Å². The van der Waals surface area contributed by atoms with E-state index in [9.17, 15) is 4.79 Å². The lowest BCUT2D eigenvalue weighted by Gasteiger charge is -2.37. The van der Waals surface area contributed by atoms with Gasteiger partial charge in [-0.2, -0.15) is 0 Å². The van der Waals surface area contributed by atoms with Gasteiger partial charge in [-0.25, -0.2) is 9.13 Å². The predicted molar refractivity (Wildman–Crippen MR) is 105 cm³/mol. The standard InChI is InChI=1S/C23H25N3O/c1-25-14-15-26(17-25)21-13-12-20(16-21)23(22(24)27,18-8-4-2-5-9-18)19-10-6-3-7-11-19/h2-11,14-15,17,20-21H,12-13,16H2,1H3,(H-,24,27)/p+1/t20-,21-/m1/s1. The van der Waals surface area contributed by atoms with Crippen LogP contribution in [0.2, 0.25) is 0 Å². The first-order valence-corrected chi connectivity index (χ1v) is 9.56. The van der Waals surface area contributed by atoms with Gasteiger partial charge < -0.3 is 5.73 Å². The molecule has 3 aromatic rings. The first kappa shape index (κ1) is 17.5. The normalized spacial score (nSPS) is 19.9. The van der Waals surface area contributed by atoms with Crippen LogP contribution in [0.5, 0.6) is 0 Å². The molecule has 1 amide bonds. The van der Waals surface area contributed by atoms with Crippen LogP contribution in [0.3, 0.4) is 0 Å². The maximum atomic E-state index is 13.1. The molecule has 1 aromatic heterocycles. The van der Waals surface area contributed by atoms with Gasteiger partial charge in [0.15, 0.2) is 0 Å². The van der Waals surface area contributed by atoms with Gasteiger partial charge >= 0.3 is 0 Å². The van der Waals surface area contributed by atoms with Crippen molar-refractivity contribution in [3.05, 3.63) is 90.5 Å². The minimum absolute atomic E-state index is 0.164. The lowest BCUT2D eigenvalue weighted by Crippen LogP contribution is -2.47. The van der Waals surface area contributed by atoms with Crippen molar-refractivity contribution in [1.82, 2.24) is 4.57 Å². The Morgan fingerprint density at radius 1 is 1.04 bits per heavy atom. The highest BCUT2D eigenvalue weighted by atomic mass is 16.1. The number of carbonyl (C=O) groups excluding carboxylic acids is 1. The summed E-state index contributed by atoms with van der Waals surface area (Å²) < 4.78 is 4.32. The number of nitrogens with two attached hydrogens (primary N) is 1. The van der Waals surface area contributed by atoms with Gasteiger partial charge in [-0.1, -0.05) is 60.7 Å². The highest BCUT2D eigenvalue weighted by Crippen LogP contribution is 2.49. The van der Waals surface area contributed by atoms with E-state index in [1.807, 2.05) is 67.7 Å². The van der Waals surface area contributed by atoms with Crippen LogP contribution in [-0.4, -0.2) is 10.5 Å². The monoisotopic (exact) mass is 360 g/mol. The van der Waals surface area contributed by atoms with Crippen molar-refractivity contribution in [2.24, 2.45) is 18.7 Å². The Morgan fingerprint density at radius 3 is 2.11 bits per heavy atom. The van der Waals surface area contributed by atoms with Gasteiger partial charge in [0, 0.05) is 0 Å². The summed E-state index contributed by atoms with van der Waals surface area (Å²) in [5, 5.41) is 0. The number of aromatic nitrogens is 2. The summed E-state index contributed by atoms with van der Waals surface area (Å²) in [5.41, 5.74) is 7.34. The van der Waals surface area contributed by atoms with Crippen molar-refractivity contribution >= 4 is 5.91 Å². The molecule has 2 atom stereocenters. The van der Waals surface area contributed by atoms with Crippen LogP contribution in [0.25, 0.3) is 0 Å². The molecule has 0 radical (unpaired) electrons. The number of aryl methyl sites for hydroxylation is 1. The van der Waals surface area contributed by atoms with E-state index in [1.165, 1.54) is 0 Å². The summed E-state index contributed by atoms with van der Waals surface area (Å²) in [7, 11) is 2.03. The van der Waals surface area contributed by atoms with E-state index in [2.05, 4.69) is 27.9 Å². The molecule has 1 heterocycles. The van der Waals surface area contributed by atoms with Crippen LogP contribution in [0.15, 0.2) is 79.4 Å². The number of carbonyl (C=O) groups is 1. The van der Waals surface area contributed by atoms with Crippen molar-refractivity contribution in [3.8, 4) is 0 Å². The molecule has 4 nitrogen and oxygen atoms in total. The van der Waals surface area contributed by atoms with E-state index in [1.54, 1.807) is 0 Å². The Labute approximate surface area is 160 Å². The molecule has 0 bridgehead atoms. The van der Waals surface area contributed by atoms with Crippen molar-refractivity contribution < 1.29 is 9.36 Å². The van der Waals surface area contributed by atoms with Crippen LogP contribution in [-0.2, 0) is 17.3 Å². The van der Waals surface area contributed by atoms with Crippen LogP contribution in [0.1, 0.15) is 36.4 Å². The molecule has 2 N–H and O–H groups in total. The SMILES string of the molecule is C[n+]1ccn([C@@H]2CC[C@@H](C(C(N)=O)(c3ccccc3)c3ccccc3)C2)c1. The lowest BCUT2D eigenvalue weighted by atomic mass is 9.64. The molecule has 1 aliphatic rings. The molecule has 27 heavy (non-hydrogen) atoms. The second kappa shape index (κ2) is 7.03. The molecular weight excluding hydrogens is 334 g/mol. The van der Waals surface area contributed by atoms with Crippen LogP contribution in [0, 0.1) is 5.92 Å². The molecule has 1 saturated carbocycles.